The third-order valence-corrected chi connectivity index (χ3v) is 1.87. The van der Waals surface area contributed by atoms with Crippen molar-refractivity contribution in [3.8, 4) is 0 Å². The Kier molecular flexibility index (Phi) is 2.84. The number of unbranched alkanes of at least 4 members (excludes halogenated alkanes) is 1. The molecule has 1 atom stereocenters. The maximum absolute atomic E-state index is 5.04. The topological polar surface area (TPSA) is 12.5 Å². The van der Waals surface area contributed by atoms with E-state index in [0.29, 0.717) is 6.10 Å². The van der Waals surface area contributed by atoms with Gasteiger partial charge in [0.2, 0.25) is 0 Å². The van der Waals surface area contributed by atoms with Crippen molar-refractivity contribution in [2.24, 2.45) is 0 Å². The van der Waals surface area contributed by atoms with Gasteiger partial charge < -0.3 is 4.74 Å². The molecule has 8 heavy (non-hydrogen) atoms. The minimum atomic E-state index is 0.633. The van der Waals surface area contributed by atoms with Crippen LogP contribution in [0, 0.1) is 0 Å². The van der Waals surface area contributed by atoms with Gasteiger partial charge in [0.05, 0.1) is 12.7 Å². The Balaban J connectivity index is 1.74. The summed E-state index contributed by atoms with van der Waals surface area (Å²) >= 11 is 3.38. The van der Waals surface area contributed by atoms with E-state index >= 15 is 0 Å². The van der Waals surface area contributed by atoms with Crippen molar-refractivity contribution >= 4 is 15.9 Å². The standard InChI is InChI=1S/C6H11BrO/c7-4-2-1-3-6-5-8-6/h6H,1-5H2. The predicted molar refractivity (Wildman–Crippen MR) is 37.4 cm³/mol. The lowest BCUT2D eigenvalue weighted by Crippen LogP contribution is -1.84. The summed E-state index contributed by atoms with van der Waals surface area (Å²) in [6.07, 6.45) is 4.51. The summed E-state index contributed by atoms with van der Waals surface area (Å²) in [5, 5.41) is 1.14. The van der Waals surface area contributed by atoms with Crippen LogP contribution in [-0.2, 0) is 4.74 Å². The first-order valence-electron chi connectivity index (χ1n) is 3.11. The molecule has 1 saturated heterocycles. The van der Waals surface area contributed by atoms with Crippen molar-refractivity contribution in [2.75, 3.05) is 11.9 Å². The number of rotatable bonds is 4. The van der Waals surface area contributed by atoms with E-state index in [2.05, 4.69) is 15.9 Å². The number of hydrogen-bond acceptors (Lipinski definition) is 1. The van der Waals surface area contributed by atoms with Crippen LogP contribution in [0.15, 0.2) is 0 Å². The van der Waals surface area contributed by atoms with Crippen molar-refractivity contribution < 1.29 is 4.74 Å². The van der Waals surface area contributed by atoms with Gasteiger partial charge in [-0.05, 0) is 19.3 Å². The van der Waals surface area contributed by atoms with Gasteiger partial charge in [0, 0.05) is 5.33 Å². The van der Waals surface area contributed by atoms with Crippen molar-refractivity contribution in [1.82, 2.24) is 0 Å². The number of ether oxygens (including phenoxy) is 1. The first-order valence-corrected chi connectivity index (χ1v) is 4.23. The van der Waals surface area contributed by atoms with Crippen LogP contribution < -0.4 is 0 Å². The first kappa shape index (κ1) is 6.56. The molecule has 0 aliphatic carbocycles. The van der Waals surface area contributed by atoms with Crippen molar-refractivity contribution in [3.05, 3.63) is 0 Å². The molecule has 0 bridgehead atoms. The van der Waals surface area contributed by atoms with Crippen LogP contribution in [0.5, 0.6) is 0 Å². The van der Waals surface area contributed by atoms with Gasteiger partial charge in [-0.2, -0.15) is 0 Å². The monoisotopic (exact) mass is 178 g/mol. The zero-order chi connectivity index (χ0) is 5.82. The molecule has 0 saturated carbocycles. The highest BCUT2D eigenvalue weighted by molar-refractivity contribution is 9.09. The number of epoxide rings is 1. The molecule has 0 aromatic heterocycles. The lowest BCUT2D eigenvalue weighted by Gasteiger charge is -1.90. The maximum Gasteiger partial charge on any atom is 0.0810 e. The molecule has 1 heterocycles. The second kappa shape index (κ2) is 3.46. The van der Waals surface area contributed by atoms with Gasteiger partial charge in [-0.15, -0.1) is 0 Å². The number of halogens is 1. The molecule has 1 unspecified atom stereocenters. The van der Waals surface area contributed by atoms with Crippen molar-refractivity contribution in [3.63, 3.8) is 0 Å². The fourth-order valence-electron chi connectivity index (χ4n) is 0.701. The molecule has 0 N–H and O–H groups in total. The van der Waals surface area contributed by atoms with Crippen LogP contribution in [0.1, 0.15) is 19.3 Å². The van der Waals surface area contributed by atoms with Crippen LogP contribution in [-0.4, -0.2) is 18.0 Å². The van der Waals surface area contributed by atoms with Gasteiger partial charge in [0.1, 0.15) is 0 Å². The Labute approximate surface area is 58.5 Å². The Morgan fingerprint density at radius 3 is 2.75 bits per heavy atom. The van der Waals surface area contributed by atoms with Crippen LogP contribution in [0.25, 0.3) is 0 Å². The van der Waals surface area contributed by atoms with Gasteiger partial charge in [0.15, 0.2) is 0 Å². The lowest BCUT2D eigenvalue weighted by atomic mass is 10.2. The largest absolute Gasteiger partial charge is 0.373 e. The zero-order valence-corrected chi connectivity index (χ0v) is 6.49. The van der Waals surface area contributed by atoms with Gasteiger partial charge >= 0.3 is 0 Å². The molecule has 0 aromatic rings. The lowest BCUT2D eigenvalue weighted by molar-refractivity contribution is 0.391. The average molecular weight is 179 g/mol. The second-order valence-corrected chi connectivity index (χ2v) is 2.93. The first-order chi connectivity index (χ1) is 3.93. The van der Waals surface area contributed by atoms with Crippen LogP contribution in [0.2, 0.25) is 0 Å². The average Bonchev–Trinajstić information content (AvgIpc) is 2.51. The summed E-state index contributed by atoms with van der Waals surface area (Å²) in [5.74, 6) is 0. The van der Waals surface area contributed by atoms with E-state index in [0.717, 1.165) is 11.9 Å². The van der Waals surface area contributed by atoms with E-state index in [1.807, 2.05) is 0 Å². The van der Waals surface area contributed by atoms with E-state index < -0.39 is 0 Å². The fraction of sp³-hybridized carbons (Fsp3) is 1.00. The summed E-state index contributed by atoms with van der Waals surface area (Å²) in [6, 6.07) is 0. The van der Waals surface area contributed by atoms with Crippen LogP contribution in [0.3, 0.4) is 0 Å². The predicted octanol–water partition coefficient (Wildman–Crippen LogP) is 1.95. The number of hydrogen-bond donors (Lipinski definition) is 0. The smallest absolute Gasteiger partial charge is 0.0810 e. The summed E-state index contributed by atoms with van der Waals surface area (Å²) in [6.45, 7) is 1.02. The van der Waals surface area contributed by atoms with E-state index in [4.69, 9.17) is 4.74 Å². The van der Waals surface area contributed by atoms with Gasteiger partial charge in [0.25, 0.3) is 0 Å². The molecule has 0 radical (unpaired) electrons. The quantitative estimate of drug-likeness (QED) is 0.365. The molecule has 2 heteroatoms. The van der Waals surface area contributed by atoms with Gasteiger partial charge in [-0.3, -0.25) is 0 Å². The highest BCUT2D eigenvalue weighted by Crippen LogP contribution is 2.16. The van der Waals surface area contributed by atoms with E-state index in [-0.39, 0.29) is 0 Å². The third kappa shape index (κ3) is 2.68. The van der Waals surface area contributed by atoms with E-state index in [1.165, 1.54) is 19.3 Å². The highest BCUT2D eigenvalue weighted by Gasteiger charge is 2.20. The normalized spacial score (nSPS) is 25.9. The van der Waals surface area contributed by atoms with Crippen molar-refractivity contribution in [2.45, 2.75) is 25.4 Å². The molecular formula is C6H11BrO. The summed E-state index contributed by atoms with van der Waals surface area (Å²) in [5.41, 5.74) is 0. The zero-order valence-electron chi connectivity index (χ0n) is 4.90. The fourth-order valence-corrected chi connectivity index (χ4v) is 1.10. The molecule has 1 rings (SSSR count). The van der Waals surface area contributed by atoms with Crippen LogP contribution >= 0.6 is 15.9 Å². The maximum atomic E-state index is 5.04. The van der Waals surface area contributed by atoms with Gasteiger partial charge in [-0.1, -0.05) is 15.9 Å². The second-order valence-electron chi connectivity index (χ2n) is 2.14. The molecule has 1 fully saturated rings. The summed E-state index contributed by atoms with van der Waals surface area (Å²) < 4.78 is 5.04. The third-order valence-electron chi connectivity index (χ3n) is 1.31. The van der Waals surface area contributed by atoms with Crippen LogP contribution in [0.4, 0.5) is 0 Å². The molecule has 48 valence electrons. The molecule has 1 nitrogen and oxygen atoms in total. The summed E-state index contributed by atoms with van der Waals surface area (Å²) in [4.78, 5) is 0. The van der Waals surface area contributed by atoms with Gasteiger partial charge in [-0.25, -0.2) is 0 Å². The highest BCUT2D eigenvalue weighted by atomic mass is 79.9. The van der Waals surface area contributed by atoms with E-state index in [9.17, 15) is 0 Å². The molecule has 1 aliphatic rings. The molecule has 0 aromatic carbocycles. The van der Waals surface area contributed by atoms with E-state index in [1.54, 1.807) is 0 Å². The Morgan fingerprint density at radius 1 is 1.50 bits per heavy atom. The molecular weight excluding hydrogens is 168 g/mol. The summed E-state index contributed by atoms with van der Waals surface area (Å²) in [7, 11) is 0. The molecule has 0 amide bonds. The SMILES string of the molecule is BrCCCCC1CO1. The minimum Gasteiger partial charge on any atom is -0.373 e. The Morgan fingerprint density at radius 2 is 2.25 bits per heavy atom. The molecule has 1 aliphatic heterocycles. The minimum absolute atomic E-state index is 0.633. The molecule has 0 spiro atoms. The van der Waals surface area contributed by atoms with Crippen molar-refractivity contribution in [1.29, 1.82) is 0 Å². The Bertz CT molecular complexity index is 61.5. The Hall–Kier alpha value is 0.440. The number of alkyl halides is 1.